The van der Waals surface area contributed by atoms with E-state index in [4.69, 9.17) is 9.97 Å². The number of thiophene rings is 1. The van der Waals surface area contributed by atoms with Crippen molar-refractivity contribution in [1.29, 1.82) is 0 Å². The molecule has 0 aromatic carbocycles. The zero-order chi connectivity index (χ0) is 29.2. The molecule has 0 saturated carbocycles. The monoisotopic (exact) mass is 586 g/mol. The number of pyridine rings is 1. The average molecular weight is 587 g/mol. The highest BCUT2D eigenvalue weighted by atomic mass is 32.1. The van der Waals surface area contributed by atoms with Crippen molar-refractivity contribution in [2.45, 2.75) is 52.1 Å². The van der Waals surface area contributed by atoms with E-state index < -0.39 is 0 Å². The smallest absolute Gasteiger partial charge is 0.251 e. The highest BCUT2D eigenvalue weighted by molar-refractivity contribution is 7.13. The van der Waals surface area contributed by atoms with Crippen LogP contribution in [0.15, 0.2) is 48.1 Å². The van der Waals surface area contributed by atoms with Crippen LogP contribution < -0.4 is 10.2 Å². The Balaban J connectivity index is 1.35. The summed E-state index contributed by atoms with van der Waals surface area (Å²) in [5, 5.41) is 9.69. The van der Waals surface area contributed by atoms with Gasteiger partial charge >= 0.3 is 0 Å². The van der Waals surface area contributed by atoms with Gasteiger partial charge in [0.15, 0.2) is 5.65 Å². The lowest BCUT2D eigenvalue weighted by molar-refractivity contribution is -0.132. The molecule has 6 heterocycles. The number of carbonyl (C=O) groups excluding carboxylic acids is 2. The summed E-state index contributed by atoms with van der Waals surface area (Å²) in [5.41, 5.74) is 3.39. The lowest BCUT2D eigenvalue weighted by Crippen LogP contribution is -2.57. The minimum Gasteiger partial charge on any atom is -0.350 e. The zero-order valence-electron chi connectivity index (χ0n) is 24.5. The van der Waals surface area contributed by atoms with Gasteiger partial charge in [-0.25, -0.2) is 14.5 Å². The number of hydrogen-bond donors (Lipinski definition) is 1. The van der Waals surface area contributed by atoms with Gasteiger partial charge in [0, 0.05) is 44.0 Å². The van der Waals surface area contributed by atoms with E-state index in [1.54, 1.807) is 22.0 Å². The average Bonchev–Trinajstić information content (AvgIpc) is 3.78. The van der Waals surface area contributed by atoms with Crippen molar-refractivity contribution in [3.63, 3.8) is 0 Å². The highest BCUT2D eigenvalue weighted by Crippen LogP contribution is 2.32. The SMILES string of the molecule is CCN(CC)[C@@H](C)CNC(=O)c1cc(-c2cnn3ccc(-c4cccs4)nc23)nc(N2CC[C@H]2C(=O)N2CCCC2)c1. The number of fused-ring (bicyclic) bond motifs is 1. The van der Waals surface area contributed by atoms with Gasteiger partial charge in [-0.2, -0.15) is 5.10 Å². The van der Waals surface area contributed by atoms with E-state index in [0.29, 0.717) is 29.3 Å². The van der Waals surface area contributed by atoms with Crippen LogP contribution in [0.1, 0.15) is 50.4 Å². The second-order valence-corrected chi connectivity index (χ2v) is 12.0. The van der Waals surface area contributed by atoms with Gasteiger partial charge in [-0.1, -0.05) is 19.9 Å². The standard InChI is InChI=1S/C31H38N8O2S/c1-4-36(5-2)21(3)19-32-30(40)22-17-25(23-20-33-39-15-10-24(35-29(23)39)27-9-8-16-42-27)34-28(18-22)38-14-11-26(38)31(41)37-12-6-7-13-37/h8-10,15-18,20-21,26H,4-7,11-14,19H2,1-3H3,(H,32,40)/t21-,26-/m0/s1. The van der Waals surface area contributed by atoms with Crippen LogP contribution in [0.5, 0.6) is 0 Å². The molecule has 2 atom stereocenters. The van der Waals surface area contributed by atoms with Gasteiger partial charge in [-0.15, -0.1) is 11.3 Å². The molecular formula is C31H38N8O2S. The van der Waals surface area contributed by atoms with Gasteiger partial charge in [-0.3, -0.25) is 14.5 Å². The van der Waals surface area contributed by atoms with Gasteiger partial charge in [0.25, 0.3) is 5.91 Å². The van der Waals surface area contributed by atoms with Crippen LogP contribution in [-0.4, -0.2) is 92.5 Å². The maximum Gasteiger partial charge on any atom is 0.251 e. The van der Waals surface area contributed by atoms with Gasteiger partial charge < -0.3 is 15.1 Å². The fourth-order valence-corrected chi connectivity index (χ4v) is 6.62. The third-order valence-electron chi connectivity index (χ3n) is 8.50. The van der Waals surface area contributed by atoms with E-state index in [1.165, 1.54) is 0 Å². The van der Waals surface area contributed by atoms with Gasteiger partial charge in [-0.05, 0) is 68.9 Å². The molecular weight excluding hydrogens is 548 g/mol. The molecule has 11 heteroatoms. The Morgan fingerprint density at radius 3 is 2.60 bits per heavy atom. The molecule has 0 aliphatic carbocycles. The molecule has 2 aliphatic rings. The summed E-state index contributed by atoms with van der Waals surface area (Å²) in [5.74, 6) is 0.626. The van der Waals surface area contributed by atoms with Crippen molar-refractivity contribution in [3.8, 4) is 21.8 Å². The summed E-state index contributed by atoms with van der Waals surface area (Å²) in [6.07, 6.45) is 6.54. The van der Waals surface area contributed by atoms with E-state index in [9.17, 15) is 9.59 Å². The van der Waals surface area contributed by atoms with Crippen molar-refractivity contribution in [3.05, 3.63) is 53.7 Å². The third kappa shape index (κ3) is 5.50. The summed E-state index contributed by atoms with van der Waals surface area (Å²) < 4.78 is 1.73. The summed E-state index contributed by atoms with van der Waals surface area (Å²) in [6, 6.07) is 9.59. The zero-order valence-corrected chi connectivity index (χ0v) is 25.3. The minimum absolute atomic E-state index is 0.156. The summed E-state index contributed by atoms with van der Waals surface area (Å²) in [7, 11) is 0. The number of likely N-dealkylation sites (N-methyl/N-ethyl adjacent to an activating group) is 1. The molecule has 0 spiro atoms. The maximum absolute atomic E-state index is 13.6. The van der Waals surface area contributed by atoms with Gasteiger partial charge in [0.05, 0.1) is 28.0 Å². The number of likely N-dealkylation sites (tertiary alicyclic amines) is 1. The molecule has 1 N–H and O–H groups in total. The predicted molar refractivity (Wildman–Crippen MR) is 166 cm³/mol. The summed E-state index contributed by atoms with van der Waals surface area (Å²) in [6.45, 7) is 11.1. The van der Waals surface area contributed by atoms with E-state index in [0.717, 1.165) is 68.1 Å². The van der Waals surface area contributed by atoms with Crippen LogP contribution >= 0.6 is 11.3 Å². The second kappa shape index (κ2) is 12.2. The molecule has 0 unspecified atom stereocenters. The molecule has 2 amide bonds. The minimum atomic E-state index is -0.253. The van der Waals surface area contributed by atoms with Crippen LogP contribution in [0.4, 0.5) is 5.82 Å². The van der Waals surface area contributed by atoms with Gasteiger partial charge in [0.2, 0.25) is 5.91 Å². The van der Waals surface area contributed by atoms with Crippen LogP contribution in [-0.2, 0) is 4.79 Å². The van der Waals surface area contributed by atoms with E-state index in [2.05, 4.69) is 36.1 Å². The molecule has 6 rings (SSSR count). The van der Waals surface area contributed by atoms with Crippen LogP contribution in [0, 0.1) is 0 Å². The molecule has 2 fully saturated rings. The highest BCUT2D eigenvalue weighted by Gasteiger charge is 2.38. The summed E-state index contributed by atoms with van der Waals surface area (Å²) >= 11 is 1.63. The lowest BCUT2D eigenvalue weighted by Gasteiger charge is -2.42. The van der Waals surface area contributed by atoms with Gasteiger partial charge in [0.1, 0.15) is 11.9 Å². The van der Waals surface area contributed by atoms with Crippen LogP contribution in [0.3, 0.4) is 0 Å². The fraction of sp³-hybridized carbons (Fsp3) is 0.452. The first-order valence-corrected chi connectivity index (χ1v) is 15.8. The number of amides is 2. The number of nitrogens with one attached hydrogen (secondary N) is 1. The lowest BCUT2D eigenvalue weighted by atomic mass is 10.0. The maximum atomic E-state index is 13.6. The van der Waals surface area contributed by atoms with Crippen LogP contribution in [0.2, 0.25) is 0 Å². The van der Waals surface area contributed by atoms with E-state index >= 15 is 0 Å². The van der Waals surface area contributed by atoms with Crippen molar-refractivity contribution < 1.29 is 9.59 Å². The number of rotatable bonds is 10. The van der Waals surface area contributed by atoms with E-state index in [-0.39, 0.29) is 23.9 Å². The summed E-state index contributed by atoms with van der Waals surface area (Å²) in [4.78, 5) is 44.2. The molecule has 10 nitrogen and oxygen atoms in total. The van der Waals surface area contributed by atoms with Crippen molar-refractivity contribution in [1.82, 2.24) is 34.7 Å². The molecule has 220 valence electrons. The Morgan fingerprint density at radius 2 is 1.90 bits per heavy atom. The predicted octanol–water partition coefficient (Wildman–Crippen LogP) is 4.18. The third-order valence-corrected chi connectivity index (χ3v) is 9.40. The fourth-order valence-electron chi connectivity index (χ4n) is 5.93. The molecule has 4 aromatic rings. The first kappa shape index (κ1) is 28.3. The largest absolute Gasteiger partial charge is 0.350 e. The Bertz CT molecular complexity index is 1560. The molecule has 2 aliphatic heterocycles. The number of anilines is 1. The van der Waals surface area contributed by atoms with Crippen molar-refractivity contribution in [2.75, 3.05) is 44.2 Å². The number of hydrogen-bond acceptors (Lipinski definition) is 8. The van der Waals surface area contributed by atoms with E-state index in [1.807, 2.05) is 51.7 Å². The van der Waals surface area contributed by atoms with Crippen LogP contribution in [0.25, 0.3) is 27.5 Å². The van der Waals surface area contributed by atoms with Crippen molar-refractivity contribution in [2.24, 2.45) is 0 Å². The second-order valence-electron chi connectivity index (χ2n) is 11.0. The number of nitrogens with zero attached hydrogens (tertiary/aromatic N) is 7. The molecule has 2 saturated heterocycles. The molecule has 0 radical (unpaired) electrons. The number of carbonyl (C=O) groups is 2. The normalized spacial score (nSPS) is 17.6. The Kier molecular flexibility index (Phi) is 8.21. The molecule has 4 aromatic heterocycles. The molecule has 42 heavy (non-hydrogen) atoms. The topological polar surface area (TPSA) is 99.0 Å². The quantitative estimate of drug-likeness (QED) is 0.298. The van der Waals surface area contributed by atoms with Crippen molar-refractivity contribution >= 4 is 34.6 Å². The Hall–Kier alpha value is -3.83. The first-order valence-electron chi connectivity index (χ1n) is 14.9. The Morgan fingerprint density at radius 1 is 1.10 bits per heavy atom. The molecule has 0 bridgehead atoms. The number of aromatic nitrogens is 4. The first-order chi connectivity index (χ1) is 20.5. The Labute approximate surface area is 250 Å².